The number of rotatable bonds is 4. The van der Waals surface area contributed by atoms with E-state index in [2.05, 4.69) is 10.4 Å². The molecule has 1 amide bonds. The van der Waals surface area contributed by atoms with Crippen LogP contribution >= 0.6 is 0 Å². The minimum atomic E-state index is -0.605. The smallest absolute Gasteiger partial charge is 0.407 e. The lowest BCUT2D eigenvalue weighted by Gasteiger charge is -2.26. The van der Waals surface area contributed by atoms with Crippen LogP contribution in [0.25, 0.3) is 0 Å². The summed E-state index contributed by atoms with van der Waals surface area (Å²) in [5.74, 6) is 0. The second kappa shape index (κ2) is 8.00. The molecule has 0 saturated carbocycles. The van der Waals surface area contributed by atoms with Gasteiger partial charge >= 0.3 is 11.8 Å². The minimum Gasteiger partial charge on any atom is -0.444 e. The van der Waals surface area contributed by atoms with E-state index in [1.807, 2.05) is 0 Å². The molecule has 0 aromatic carbocycles. The van der Waals surface area contributed by atoms with Crippen molar-refractivity contribution in [3.63, 3.8) is 0 Å². The molecule has 1 aromatic rings. The number of alkyl carbamates (subject to hydrolysis) is 1. The van der Waals surface area contributed by atoms with Crippen molar-refractivity contribution in [2.45, 2.75) is 57.5 Å². The zero-order valence-electron chi connectivity index (χ0n) is 15.7. The molecule has 26 heavy (non-hydrogen) atoms. The highest BCUT2D eigenvalue weighted by Gasteiger charge is 2.35. The highest BCUT2D eigenvalue weighted by atomic mass is 16.6. The first-order valence-corrected chi connectivity index (χ1v) is 8.42. The maximum absolute atomic E-state index is 12.1. The average molecular weight is 370 g/mol. The van der Waals surface area contributed by atoms with E-state index in [0.29, 0.717) is 18.5 Å². The molecule has 1 saturated heterocycles. The summed E-state index contributed by atoms with van der Waals surface area (Å²) in [5, 5.41) is 18.0. The van der Waals surface area contributed by atoms with Gasteiger partial charge in [-0.3, -0.25) is 14.8 Å². The van der Waals surface area contributed by atoms with Crippen LogP contribution in [-0.2, 0) is 21.3 Å². The SMILES string of the molecule is CO[C@@H]1CO[C@H](c2c([N+](=O)[O-])cnn2C)CC[C@H]1NC(=O)OC(C)(C)C. The van der Waals surface area contributed by atoms with Crippen molar-refractivity contribution in [2.24, 2.45) is 7.05 Å². The maximum Gasteiger partial charge on any atom is 0.407 e. The van der Waals surface area contributed by atoms with Gasteiger partial charge in [0, 0.05) is 14.2 Å². The van der Waals surface area contributed by atoms with Gasteiger partial charge in [-0.1, -0.05) is 0 Å². The Labute approximate surface area is 151 Å². The van der Waals surface area contributed by atoms with E-state index >= 15 is 0 Å². The summed E-state index contributed by atoms with van der Waals surface area (Å²) in [4.78, 5) is 22.8. The number of aryl methyl sites for hydroxylation is 1. The molecule has 0 aliphatic carbocycles. The fraction of sp³-hybridized carbons (Fsp3) is 0.750. The first kappa shape index (κ1) is 20.1. The van der Waals surface area contributed by atoms with Crippen LogP contribution in [0, 0.1) is 10.1 Å². The monoisotopic (exact) mass is 370 g/mol. The second-order valence-electron chi connectivity index (χ2n) is 7.22. The predicted molar refractivity (Wildman–Crippen MR) is 91.7 cm³/mol. The molecule has 10 nitrogen and oxygen atoms in total. The van der Waals surface area contributed by atoms with Gasteiger partial charge in [0.25, 0.3) is 0 Å². The Bertz CT molecular complexity index is 654. The average Bonchev–Trinajstić information content (AvgIpc) is 2.79. The van der Waals surface area contributed by atoms with Gasteiger partial charge in [0.15, 0.2) is 0 Å². The number of hydrogen-bond donors (Lipinski definition) is 1. The quantitative estimate of drug-likeness (QED) is 0.637. The molecule has 1 aromatic heterocycles. The molecule has 0 radical (unpaired) electrons. The van der Waals surface area contributed by atoms with Gasteiger partial charge < -0.3 is 19.5 Å². The lowest BCUT2D eigenvalue weighted by Crippen LogP contribution is -2.46. The third kappa shape index (κ3) is 4.92. The maximum atomic E-state index is 12.1. The number of amides is 1. The first-order chi connectivity index (χ1) is 12.1. The molecule has 0 bridgehead atoms. The van der Waals surface area contributed by atoms with Gasteiger partial charge in [-0.25, -0.2) is 4.79 Å². The second-order valence-corrected chi connectivity index (χ2v) is 7.22. The lowest BCUT2D eigenvalue weighted by atomic mass is 10.0. The number of ether oxygens (including phenoxy) is 3. The number of aromatic nitrogens is 2. The Balaban J connectivity index is 2.12. The van der Waals surface area contributed by atoms with E-state index < -0.39 is 22.7 Å². The van der Waals surface area contributed by atoms with Crippen molar-refractivity contribution in [3.8, 4) is 0 Å². The van der Waals surface area contributed by atoms with Crippen molar-refractivity contribution >= 4 is 11.8 Å². The number of nitrogens with zero attached hydrogens (tertiary/aromatic N) is 3. The molecule has 0 unspecified atom stereocenters. The molecule has 1 aliphatic rings. The van der Waals surface area contributed by atoms with Crippen molar-refractivity contribution in [2.75, 3.05) is 13.7 Å². The van der Waals surface area contributed by atoms with Crippen LogP contribution in [0.15, 0.2) is 6.20 Å². The third-order valence-electron chi connectivity index (χ3n) is 4.12. The van der Waals surface area contributed by atoms with E-state index in [9.17, 15) is 14.9 Å². The highest BCUT2D eigenvalue weighted by Crippen LogP contribution is 2.33. The molecule has 2 heterocycles. The Morgan fingerprint density at radius 1 is 1.46 bits per heavy atom. The predicted octanol–water partition coefficient (Wildman–Crippen LogP) is 2.09. The van der Waals surface area contributed by atoms with E-state index in [1.165, 1.54) is 18.0 Å². The molecule has 10 heteroatoms. The van der Waals surface area contributed by atoms with E-state index in [0.717, 1.165) is 0 Å². The molecule has 2 rings (SSSR count). The van der Waals surface area contributed by atoms with Gasteiger partial charge in [-0.05, 0) is 33.6 Å². The molecular weight excluding hydrogens is 344 g/mol. The Kier molecular flexibility index (Phi) is 6.19. The molecule has 146 valence electrons. The highest BCUT2D eigenvalue weighted by molar-refractivity contribution is 5.68. The van der Waals surface area contributed by atoms with Crippen LogP contribution in [0.5, 0.6) is 0 Å². The van der Waals surface area contributed by atoms with Crippen LogP contribution in [0.1, 0.15) is 45.4 Å². The number of nitro groups is 1. The molecule has 1 fully saturated rings. The van der Waals surface area contributed by atoms with Crippen molar-refractivity contribution < 1.29 is 23.9 Å². The standard InChI is InChI=1S/C16H26N4O6/c1-16(2,3)26-15(21)18-10-6-7-12(25-9-13(10)24-5)14-11(20(22)23)8-17-19(14)4/h8,10,12-13H,6-7,9H2,1-5H3,(H,18,21)/t10-,12+,13-/m1/s1. The van der Waals surface area contributed by atoms with Crippen molar-refractivity contribution in [1.29, 1.82) is 0 Å². The zero-order chi connectivity index (χ0) is 19.5. The molecule has 1 N–H and O–H groups in total. The largest absolute Gasteiger partial charge is 0.444 e. The topological polar surface area (TPSA) is 118 Å². The van der Waals surface area contributed by atoms with Crippen LogP contribution in [-0.4, -0.2) is 52.3 Å². The number of nitrogens with one attached hydrogen (secondary N) is 1. The Hall–Kier alpha value is -2.20. The van der Waals surface area contributed by atoms with E-state index in [-0.39, 0.29) is 24.4 Å². The van der Waals surface area contributed by atoms with Crippen LogP contribution in [0.2, 0.25) is 0 Å². The summed E-state index contributed by atoms with van der Waals surface area (Å²) >= 11 is 0. The number of hydrogen-bond acceptors (Lipinski definition) is 7. The minimum absolute atomic E-state index is 0.0787. The number of methoxy groups -OCH3 is 1. The zero-order valence-corrected chi connectivity index (χ0v) is 15.7. The van der Waals surface area contributed by atoms with Crippen LogP contribution in [0.4, 0.5) is 10.5 Å². The summed E-state index contributed by atoms with van der Waals surface area (Å²) in [6.07, 6.45) is 0.777. The third-order valence-corrected chi connectivity index (χ3v) is 4.12. The van der Waals surface area contributed by atoms with E-state index in [1.54, 1.807) is 27.8 Å². The van der Waals surface area contributed by atoms with Gasteiger partial charge in [0.1, 0.15) is 29.7 Å². The summed E-state index contributed by atoms with van der Waals surface area (Å²) < 4.78 is 18.0. The fourth-order valence-corrected chi connectivity index (χ4v) is 2.95. The van der Waals surface area contributed by atoms with Crippen molar-refractivity contribution in [1.82, 2.24) is 15.1 Å². The summed E-state index contributed by atoms with van der Waals surface area (Å²) in [5.41, 5.74) is -0.279. The Morgan fingerprint density at radius 2 is 2.15 bits per heavy atom. The van der Waals surface area contributed by atoms with Gasteiger partial charge in [0.2, 0.25) is 0 Å². The Morgan fingerprint density at radius 3 is 2.73 bits per heavy atom. The molecule has 0 spiro atoms. The van der Waals surface area contributed by atoms with Crippen LogP contribution < -0.4 is 5.32 Å². The fourth-order valence-electron chi connectivity index (χ4n) is 2.95. The van der Waals surface area contributed by atoms with Crippen molar-refractivity contribution in [3.05, 3.63) is 22.0 Å². The number of carbonyl (C=O) groups is 1. The molecule has 3 atom stereocenters. The normalized spacial score (nSPS) is 24.0. The van der Waals surface area contributed by atoms with Gasteiger partial charge in [0.05, 0.1) is 17.6 Å². The molecular formula is C16H26N4O6. The number of carbonyl (C=O) groups excluding carboxylic acids is 1. The van der Waals surface area contributed by atoms with Crippen LogP contribution in [0.3, 0.4) is 0 Å². The lowest BCUT2D eigenvalue weighted by molar-refractivity contribution is -0.386. The first-order valence-electron chi connectivity index (χ1n) is 8.42. The molecule has 1 aliphatic heterocycles. The van der Waals surface area contributed by atoms with E-state index in [4.69, 9.17) is 14.2 Å². The van der Waals surface area contributed by atoms with Gasteiger partial charge in [-0.15, -0.1) is 0 Å². The summed E-state index contributed by atoms with van der Waals surface area (Å²) in [6.45, 7) is 5.54. The summed E-state index contributed by atoms with van der Waals surface area (Å²) in [6, 6.07) is -0.327. The summed E-state index contributed by atoms with van der Waals surface area (Å²) in [7, 11) is 3.17. The van der Waals surface area contributed by atoms with Gasteiger partial charge in [-0.2, -0.15) is 5.10 Å².